The summed E-state index contributed by atoms with van der Waals surface area (Å²) >= 11 is 0. The van der Waals surface area contributed by atoms with Crippen molar-refractivity contribution in [3.63, 3.8) is 0 Å². The minimum atomic E-state index is -0.0704. The molecule has 0 N–H and O–H groups in total. The molecular formula is C43H33N. The molecule has 8 rings (SSSR count). The number of rotatable bonds is 5. The van der Waals surface area contributed by atoms with E-state index in [1.54, 1.807) is 0 Å². The molecule has 7 aromatic rings. The van der Waals surface area contributed by atoms with Crippen LogP contribution in [0.25, 0.3) is 44.2 Å². The average Bonchev–Trinajstić information content (AvgIpc) is 3.31. The average molecular weight is 564 g/mol. The van der Waals surface area contributed by atoms with E-state index in [4.69, 9.17) is 0 Å². The highest BCUT2D eigenvalue weighted by Gasteiger charge is 2.35. The number of anilines is 3. The second-order valence-electron chi connectivity index (χ2n) is 12.2. The van der Waals surface area contributed by atoms with Gasteiger partial charge in [-0.2, -0.15) is 0 Å². The van der Waals surface area contributed by atoms with Gasteiger partial charge in [0.2, 0.25) is 0 Å². The highest BCUT2D eigenvalue weighted by atomic mass is 15.1. The van der Waals surface area contributed by atoms with Crippen LogP contribution in [0.4, 0.5) is 17.1 Å². The van der Waals surface area contributed by atoms with Crippen LogP contribution >= 0.6 is 0 Å². The molecular weight excluding hydrogens is 530 g/mol. The Hall–Kier alpha value is -5.40. The predicted molar refractivity (Wildman–Crippen MR) is 187 cm³/mol. The van der Waals surface area contributed by atoms with Crippen molar-refractivity contribution in [1.82, 2.24) is 0 Å². The van der Waals surface area contributed by atoms with Crippen LogP contribution in [0.2, 0.25) is 0 Å². The van der Waals surface area contributed by atoms with E-state index in [2.05, 4.69) is 183 Å². The molecule has 0 atom stereocenters. The van der Waals surface area contributed by atoms with Crippen molar-refractivity contribution >= 4 is 27.8 Å². The summed E-state index contributed by atoms with van der Waals surface area (Å²) in [5.74, 6) is 0. The summed E-state index contributed by atoms with van der Waals surface area (Å²) in [5.41, 5.74) is 13.7. The van der Waals surface area contributed by atoms with E-state index < -0.39 is 0 Å². The highest BCUT2D eigenvalue weighted by Crippen LogP contribution is 2.51. The Morgan fingerprint density at radius 1 is 0.432 bits per heavy atom. The van der Waals surface area contributed by atoms with Gasteiger partial charge in [-0.3, -0.25) is 0 Å². The highest BCUT2D eigenvalue weighted by molar-refractivity contribution is 6.06. The summed E-state index contributed by atoms with van der Waals surface area (Å²) in [4.78, 5) is 2.41. The van der Waals surface area contributed by atoms with Gasteiger partial charge < -0.3 is 4.90 Å². The van der Waals surface area contributed by atoms with E-state index >= 15 is 0 Å². The molecule has 0 radical (unpaired) electrons. The van der Waals surface area contributed by atoms with Crippen LogP contribution in [0.15, 0.2) is 164 Å². The lowest BCUT2D eigenvalue weighted by atomic mass is 9.81. The lowest BCUT2D eigenvalue weighted by Crippen LogP contribution is -2.15. The molecule has 7 aromatic carbocycles. The fraction of sp³-hybridized carbons (Fsp3) is 0.0698. The Balaban J connectivity index is 1.35. The maximum Gasteiger partial charge on any atom is 0.0546 e. The first-order chi connectivity index (χ1) is 21.6. The molecule has 0 saturated carbocycles. The molecule has 1 nitrogen and oxygen atoms in total. The number of fused-ring (bicyclic) bond motifs is 4. The fourth-order valence-electron chi connectivity index (χ4n) is 7.05. The van der Waals surface area contributed by atoms with Crippen molar-refractivity contribution in [3.05, 3.63) is 175 Å². The Bertz CT molecular complexity index is 2120. The summed E-state index contributed by atoms with van der Waals surface area (Å²) in [6.45, 7) is 4.71. The molecule has 0 unspecified atom stereocenters. The molecule has 210 valence electrons. The van der Waals surface area contributed by atoms with Gasteiger partial charge in [-0.1, -0.05) is 141 Å². The van der Waals surface area contributed by atoms with Gasteiger partial charge in [0.25, 0.3) is 0 Å². The quantitative estimate of drug-likeness (QED) is 0.201. The van der Waals surface area contributed by atoms with E-state index in [9.17, 15) is 0 Å². The van der Waals surface area contributed by atoms with Gasteiger partial charge >= 0.3 is 0 Å². The fourth-order valence-corrected chi connectivity index (χ4v) is 7.05. The number of benzene rings is 7. The van der Waals surface area contributed by atoms with E-state index in [1.807, 2.05) is 0 Å². The van der Waals surface area contributed by atoms with Crippen LogP contribution in [-0.2, 0) is 5.41 Å². The summed E-state index contributed by atoms with van der Waals surface area (Å²) < 4.78 is 0. The largest absolute Gasteiger partial charge is 0.310 e. The van der Waals surface area contributed by atoms with Crippen LogP contribution < -0.4 is 4.90 Å². The summed E-state index contributed by atoms with van der Waals surface area (Å²) in [6.07, 6.45) is 0. The van der Waals surface area contributed by atoms with Gasteiger partial charge in [0, 0.05) is 22.4 Å². The molecule has 1 aliphatic carbocycles. The molecule has 0 fully saturated rings. The molecule has 0 amide bonds. The maximum atomic E-state index is 2.45. The monoisotopic (exact) mass is 563 g/mol. The van der Waals surface area contributed by atoms with Gasteiger partial charge in [0.1, 0.15) is 0 Å². The summed E-state index contributed by atoms with van der Waals surface area (Å²) in [6, 6.07) is 59.6. The smallest absolute Gasteiger partial charge is 0.0546 e. The zero-order valence-corrected chi connectivity index (χ0v) is 25.0. The van der Waals surface area contributed by atoms with Crippen molar-refractivity contribution in [2.75, 3.05) is 4.90 Å². The Kier molecular flexibility index (Phi) is 6.20. The Labute approximate surface area is 259 Å². The number of nitrogens with zero attached hydrogens (tertiary/aromatic N) is 1. The molecule has 0 spiro atoms. The van der Waals surface area contributed by atoms with Crippen LogP contribution in [0, 0.1) is 0 Å². The third kappa shape index (κ3) is 4.24. The van der Waals surface area contributed by atoms with Crippen LogP contribution in [-0.4, -0.2) is 0 Å². The maximum absolute atomic E-state index is 2.45. The van der Waals surface area contributed by atoms with Gasteiger partial charge in [0.05, 0.1) is 5.69 Å². The normalized spacial score (nSPS) is 13.0. The Morgan fingerprint density at radius 2 is 1.02 bits per heavy atom. The first-order valence-electron chi connectivity index (χ1n) is 15.4. The van der Waals surface area contributed by atoms with Gasteiger partial charge in [-0.05, 0) is 86.1 Å². The topological polar surface area (TPSA) is 3.24 Å². The number of hydrogen-bond donors (Lipinski definition) is 0. The predicted octanol–water partition coefficient (Wildman–Crippen LogP) is 11.9. The Morgan fingerprint density at radius 3 is 1.82 bits per heavy atom. The van der Waals surface area contributed by atoms with E-state index in [-0.39, 0.29) is 5.41 Å². The molecule has 1 aliphatic rings. The van der Waals surface area contributed by atoms with Crippen LogP contribution in [0.5, 0.6) is 0 Å². The van der Waals surface area contributed by atoms with Crippen LogP contribution in [0.1, 0.15) is 25.0 Å². The van der Waals surface area contributed by atoms with Crippen molar-refractivity contribution in [2.24, 2.45) is 0 Å². The summed E-state index contributed by atoms with van der Waals surface area (Å²) in [5, 5.41) is 2.49. The van der Waals surface area contributed by atoms with Crippen molar-refractivity contribution in [1.29, 1.82) is 0 Å². The second kappa shape index (κ2) is 10.4. The van der Waals surface area contributed by atoms with Gasteiger partial charge in [-0.15, -0.1) is 0 Å². The van der Waals surface area contributed by atoms with Crippen molar-refractivity contribution < 1.29 is 0 Å². The lowest BCUT2D eigenvalue weighted by molar-refractivity contribution is 0.660. The molecule has 44 heavy (non-hydrogen) atoms. The standard InChI is InChI=1S/C43H33N/c1-43(2)39-20-12-11-19-37(39)38-27-23-33(29-40(38)43)42-36-18-10-9-15-32(36)24-28-41(42)44(34-16-7-4-8-17-34)35-25-21-31(22-26-35)30-13-5-3-6-14-30/h3-29H,1-2H3. The molecule has 0 saturated heterocycles. The number of para-hydroxylation sites is 1. The zero-order valence-electron chi connectivity index (χ0n) is 25.0. The SMILES string of the molecule is CC1(C)c2ccccc2-c2ccc(-c3c(N(c4ccccc4)c4ccc(-c5ccccc5)cc4)ccc4ccccc34)cc21. The zero-order chi connectivity index (χ0) is 29.7. The minimum Gasteiger partial charge on any atom is -0.310 e. The molecule has 0 aliphatic heterocycles. The lowest BCUT2D eigenvalue weighted by Gasteiger charge is -2.29. The van der Waals surface area contributed by atoms with E-state index in [1.165, 1.54) is 55.3 Å². The molecule has 0 heterocycles. The third-order valence-corrected chi connectivity index (χ3v) is 9.27. The molecule has 0 bridgehead atoms. The van der Waals surface area contributed by atoms with E-state index in [0.717, 1.165) is 17.1 Å². The second-order valence-corrected chi connectivity index (χ2v) is 12.2. The third-order valence-electron chi connectivity index (χ3n) is 9.27. The minimum absolute atomic E-state index is 0.0704. The molecule has 0 aromatic heterocycles. The van der Waals surface area contributed by atoms with Crippen molar-refractivity contribution in [2.45, 2.75) is 19.3 Å². The first-order valence-corrected chi connectivity index (χ1v) is 15.4. The van der Waals surface area contributed by atoms with Gasteiger partial charge in [0.15, 0.2) is 0 Å². The number of hydrogen-bond acceptors (Lipinski definition) is 1. The molecule has 1 heteroatoms. The first kappa shape index (κ1) is 26.2. The van der Waals surface area contributed by atoms with Crippen molar-refractivity contribution in [3.8, 4) is 33.4 Å². The van der Waals surface area contributed by atoms with E-state index in [0.29, 0.717) is 0 Å². The van der Waals surface area contributed by atoms with Gasteiger partial charge in [-0.25, -0.2) is 0 Å². The summed E-state index contributed by atoms with van der Waals surface area (Å²) in [7, 11) is 0. The van der Waals surface area contributed by atoms with Crippen LogP contribution in [0.3, 0.4) is 0 Å².